The van der Waals surface area contributed by atoms with E-state index in [0.717, 1.165) is 45.8 Å². The number of piperazine rings is 1. The number of hydrogen-bond acceptors (Lipinski definition) is 9. The highest BCUT2D eigenvalue weighted by Crippen LogP contribution is 2.40. The SMILES string of the molecule is C=CC[N+]1(C2OC2NCc2ccccc2)CC(=O)N(C(Cc2ccc(O)cc2)C(=O)NCc2cccc3c(C(=O)Nc4ccc(N5CCN(c6ccc(C(F)(F)F)cc6)CC5)nc4)cn(C)c23)C1C. The van der Waals surface area contributed by atoms with Crippen LogP contribution in [0, 0.1) is 0 Å². The molecule has 0 spiro atoms. The first-order valence-electron chi connectivity index (χ1n) is 23.0. The first-order chi connectivity index (χ1) is 33.2. The number of fused-ring (bicyclic) bond motifs is 1. The topological polar surface area (TPSA) is 148 Å². The molecule has 5 unspecified atom stereocenters. The van der Waals surface area contributed by atoms with E-state index in [1.165, 1.54) is 12.1 Å². The Balaban J connectivity index is 0.863. The Morgan fingerprint density at radius 2 is 1.64 bits per heavy atom. The quantitative estimate of drug-likeness (QED) is 0.0470. The number of rotatable bonds is 16. The number of aromatic nitrogens is 2. The summed E-state index contributed by atoms with van der Waals surface area (Å²) in [6, 6.07) is 30.2. The van der Waals surface area contributed by atoms with E-state index in [9.17, 15) is 32.7 Å². The molecule has 17 heteroatoms. The van der Waals surface area contributed by atoms with E-state index in [1.54, 1.807) is 53.7 Å². The van der Waals surface area contributed by atoms with E-state index in [2.05, 4.69) is 32.4 Å². The number of aryl methyl sites for hydroxylation is 1. The van der Waals surface area contributed by atoms with Crippen molar-refractivity contribution in [3.05, 3.63) is 162 Å². The Bertz CT molecular complexity index is 2820. The van der Waals surface area contributed by atoms with Crippen LogP contribution < -0.4 is 25.8 Å². The second kappa shape index (κ2) is 19.4. The number of phenols is 1. The number of quaternary nitrogens is 1. The molecule has 5 heterocycles. The summed E-state index contributed by atoms with van der Waals surface area (Å²) in [4.78, 5) is 53.1. The second-order valence-corrected chi connectivity index (χ2v) is 17.9. The van der Waals surface area contributed by atoms with E-state index < -0.39 is 23.9 Å². The zero-order valence-electron chi connectivity index (χ0n) is 38.4. The number of benzene rings is 4. The van der Waals surface area contributed by atoms with Crippen molar-refractivity contribution in [1.29, 1.82) is 0 Å². The van der Waals surface area contributed by atoms with E-state index in [-0.39, 0.29) is 59.9 Å². The number of nitrogens with zero attached hydrogens (tertiary/aromatic N) is 6. The Labute approximate surface area is 398 Å². The third-order valence-corrected chi connectivity index (χ3v) is 13.6. The van der Waals surface area contributed by atoms with E-state index in [1.807, 2.05) is 78.0 Å². The molecule has 4 aromatic carbocycles. The lowest BCUT2D eigenvalue weighted by atomic mass is 10.0. The van der Waals surface area contributed by atoms with Crippen LogP contribution in [0.1, 0.15) is 39.5 Å². The van der Waals surface area contributed by atoms with Gasteiger partial charge < -0.3 is 30.1 Å². The van der Waals surface area contributed by atoms with Gasteiger partial charge in [0.25, 0.3) is 11.8 Å². The number of ether oxygens (including phenoxy) is 1. The van der Waals surface area contributed by atoms with Crippen molar-refractivity contribution in [1.82, 2.24) is 25.1 Å². The van der Waals surface area contributed by atoms with Crippen LogP contribution in [0.25, 0.3) is 10.9 Å². The average molecular weight is 943 g/mol. The molecule has 3 aliphatic heterocycles. The van der Waals surface area contributed by atoms with Crippen LogP contribution in [0.5, 0.6) is 5.75 Å². The summed E-state index contributed by atoms with van der Waals surface area (Å²) in [5.41, 5.74) is 4.40. The molecular weight excluding hydrogens is 888 g/mol. The van der Waals surface area contributed by atoms with Gasteiger partial charge in [-0.2, -0.15) is 13.2 Å². The molecule has 0 aliphatic carbocycles. The second-order valence-electron chi connectivity index (χ2n) is 17.9. The molecule has 3 fully saturated rings. The number of halogens is 3. The molecule has 0 radical (unpaired) electrons. The van der Waals surface area contributed by atoms with Gasteiger partial charge in [-0.3, -0.25) is 33.8 Å². The lowest BCUT2D eigenvalue weighted by molar-refractivity contribution is -0.955. The highest BCUT2D eigenvalue weighted by Gasteiger charge is 2.64. The first-order valence-corrected chi connectivity index (χ1v) is 23.0. The maximum Gasteiger partial charge on any atom is 0.416 e. The number of alkyl halides is 3. The van der Waals surface area contributed by atoms with E-state index >= 15 is 0 Å². The van der Waals surface area contributed by atoms with E-state index in [4.69, 9.17) is 4.74 Å². The number of anilines is 3. The van der Waals surface area contributed by atoms with Gasteiger partial charge in [0.2, 0.25) is 12.1 Å². The molecule has 14 nitrogen and oxygen atoms in total. The molecule has 4 N–H and O–H groups in total. The highest BCUT2D eigenvalue weighted by molar-refractivity contribution is 6.13. The molecule has 0 saturated carbocycles. The summed E-state index contributed by atoms with van der Waals surface area (Å²) < 4.78 is 47.5. The van der Waals surface area contributed by atoms with Crippen molar-refractivity contribution in [2.45, 2.75) is 57.3 Å². The van der Waals surface area contributed by atoms with Crippen LogP contribution in [0.15, 0.2) is 134 Å². The zero-order chi connectivity index (χ0) is 48.5. The highest BCUT2D eigenvalue weighted by atomic mass is 19.4. The van der Waals surface area contributed by atoms with Gasteiger partial charge in [-0.05, 0) is 71.3 Å². The lowest BCUT2D eigenvalue weighted by Gasteiger charge is -2.39. The molecular formula is C52H55F3N9O5+. The Kier molecular flexibility index (Phi) is 13.2. The molecule has 6 aromatic rings. The number of carbonyl (C=O) groups is 3. The fourth-order valence-corrected chi connectivity index (χ4v) is 9.93. The molecule has 3 amide bonds. The average Bonchev–Trinajstić information content (AvgIpc) is 4.00. The van der Waals surface area contributed by atoms with Gasteiger partial charge in [-0.25, -0.2) is 4.98 Å². The molecule has 69 heavy (non-hydrogen) atoms. The predicted molar refractivity (Wildman–Crippen MR) is 257 cm³/mol. The van der Waals surface area contributed by atoms with Crippen molar-refractivity contribution in [3.63, 3.8) is 0 Å². The number of phenolic OH excluding ortho intramolecular Hbond substituents is 1. The van der Waals surface area contributed by atoms with Crippen molar-refractivity contribution < 1.29 is 41.9 Å². The van der Waals surface area contributed by atoms with Crippen molar-refractivity contribution in [2.24, 2.45) is 7.05 Å². The molecule has 3 aliphatic rings. The summed E-state index contributed by atoms with van der Waals surface area (Å²) in [6.07, 6.45) is -0.0914. The summed E-state index contributed by atoms with van der Waals surface area (Å²) in [6.45, 7) is 9.73. The third kappa shape index (κ3) is 9.89. The van der Waals surface area contributed by atoms with Crippen LogP contribution in [0.2, 0.25) is 0 Å². The van der Waals surface area contributed by atoms with Gasteiger partial charge >= 0.3 is 6.18 Å². The maximum atomic E-state index is 14.6. The van der Waals surface area contributed by atoms with E-state index in [0.29, 0.717) is 55.9 Å². The molecule has 5 atom stereocenters. The number of para-hydroxylation sites is 1. The first kappa shape index (κ1) is 46.9. The van der Waals surface area contributed by atoms with Gasteiger partial charge in [0, 0.05) is 76.9 Å². The molecule has 0 bridgehead atoms. The van der Waals surface area contributed by atoms with Gasteiger partial charge in [-0.1, -0.05) is 67.2 Å². The van der Waals surface area contributed by atoms with Crippen molar-refractivity contribution in [2.75, 3.05) is 54.4 Å². The molecule has 358 valence electrons. The molecule has 3 saturated heterocycles. The normalized spacial score (nSPS) is 20.8. The zero-order valence-corrected chi connectivity index (χ0v) is 38.4. The Morgan fingerprint density at radius 1 is 0.913 bits per heavy atom. The minimum atomic E-state index is -4.38. The fourth-order valence-electron chi connectivity index (χ4n) is 9.93. The third-order valence-electron chi connectivity index (χ3n) is 13.6. The van der Waals surface area contributed by atoms with Crippen LogP contribution in [-0.2, 0) is 47.1 Å². The van der Waals surface area contributed by atoms with Crippen molar-refractivity contribution in [3.8, 4) is 5.75 Å². The van der Waals surface area contributed by atoms with Crippen LogP contribution in [-0.4, -0.2) is 106 Å². The number of carbonyl (C=O) groups excluding carboxylic acids is 3. The lowest BCUT2D eigenvalue weighted by Crippen LogP contribution is -2.60. The summed E-state index contributed by atoms with van der Waals surface area (Å²) >= 11 is 0. The largest absolute Gasteiger partial charge is 0.508 e. The van der Waals surface area contributed by atoms with Crippen molar-refractivity contribution >= 4 is 45.8 Å². The smallest absolute Gasteiger partial charge is 0.416 e. The maximum absolute atomic E-state index is 14.6. The Hall–Kier alpha value is -7.21. The predicted octanol–water partition coefficient (Wildman–Crippen LogP) is 6.77. The fraction of sp³-hybridized carbons (Fsp3) is 0.308. The minimum Gasteiger partial charge on any atom is -0.508 e. The number of epoxide rings is 1. The molecule has 9 rings (SSSR count). The van der Waals surface area contributed by atoms with Crippen LogP contribution >= 0.6 is 0 Å². The number of hydrogen-bond donors (Lipinski definition) is 4. The van der Waals surface area contributed by atoms with Gasteiger partial charge in [0.05, 0.1) is 28.5 Å². The van der Waals surface area contributed by atoms with Gasteiger partial charge in [0.1, 0.15) is 24.2 Å². The monoisotopic (exact) mass is 942 g/mol. The Morgan fingerprint density at radius 3 is 2.32 bits per heavy atom. The summed E-state index contributed by atoms with van der Waals surface area (Å²) in [7, 11) is 1.84. The minimum absolute atomic E-state index is 0.0936. The number of pyridine rings is 1. The number of amides is 3. The number of nitrogens with one attached hydrogen (secondary N) is 3. The summed E-state index contributed by atoms with van der Waals surface area (Å²) in [5.74, 6) is -0.0496. The van der Waals surface area contributed by atoms with Gasteiger partial charge in [-0.15, -0.1) is 0 Å². The van der Waals surface area contributed by atoms with Gasteiger partial charge in [0.15, 0.2) is 18.9 Å². The molecule has 2 aromatic heterocycles. The standard InChI is InChI=1S/C52H54F3N9O5/c1-4-27-64(51-50(69-51)58-29-36-9-6-5-7-10-36)33-46(66)63(34(64)2)44(28-35-13-20-41(65)21-14-35)49(68)57-30-37-11-8-12-42-43(32-60(3)47(37)42)48(67)59-39-17-22-45(56-31-39)62-25-23-61(24-26-62)40-18-15-38(16-19-40)52(53,54)55/h4-22,31-32,34,44,50-51,58H,1,23-30,33H2,2-3H3,(H2-,57,59,65,67,68)/p+1. The van der Waals surface area contributed by atoms with Crippen LogP contribution in [0.4, 0.5) is 30.4 Å². The summed E-state index contributed by atoms with van der Waals surface area (Å²) in [5, 5.41) is 20.3. The van der Waals surface area contributed by atoms with Crippen LogP contribution in [0.3, 0.4) is 0 Å². The number of aromatic hydroxyl groups is 1.